The first-order valence-electron chi connectivity index (χ1n) is 23.7. The minimum Gasteiger partial charge on any atom is -0.397 e. The van der Waals surface area contributed by atoms with Gasteiger partial charge in [-0.15, -0.1) is 0 Å². The lowest BCUT2D eigenvalue weighted by molar-refractivity contribution is -0.122. The number of para-hydroxylation sites is 3. The number of hydrogen-bond donors (Lipinski definition) is 4. The number of piperidine rings is 2. The van der Waals surface area contributed by atoms with Crippen LogP contribution < -0.4 is 31.9 Å². The maximum Gasteiger partial charge on any atom is 0.405 e. The van der Waals surface area contributed by atoms with E-state index in [1.165, 1.54) is 34.8 Å². The molecular formula is C51H62F6N8O2. The van der Waals surface area contributed by atoms with E-state index < -0.39 is 37.3 Å². The maximum absolute atomic E-state index is 14.0. The number of nitrogens with zero attached hydrogens (tertiary/aromatic N) is 4. The number of benzene rings is 4. The van der Waals surface area contributed by atoms with Crippen LogP contribution in [-0.4, -0.2) is 98.4 Å². The van der Waals surface area contributed by atoms with E-state index in [2.05, 4.69) is 20.4 Å². The molecule has 16 heteroatoms. The summed E-state index contributed by atoms with van der Waals surface area (Å²) >= 11 is 0. The molecular weight excluding hydrogens is 871 g/mol. The average Bonchev–Trinajstić information content (AvgIpc) is 4.13. The number of anilines is 6. The molecule has 2 saturated heterocycles. The number of amides is 2. The van der Waals surface area contributed by atoms with Crippen molar-refractivity contribution in [2.45, 2.75) is 94.6 Å². The third kappa shape index (κ3) is 12.9. The summed E-state index contributed by atoms with van der Waals surface area (Å²) in [7, 11) is 0. The first-order valence-corrected chi connectivity index (χ1v) is 23.7. The molecule has 0 bridgehead atoms. The van der Waals surface area contributed by atoms with E-state index in [0.717, 1.165) is 63.3 Å². The molecule has 2 aliphatic heterocycles. The molecule has 2 saturated carbocycles. The van der Waals surface area contributed by atoms with Gasteiger partial charge in [0.15, 0.2) is 0 Å². The van der Waals surface area contributed by atoms with Crippen molar-refractivity contribution in [2.24, 2.45) is 11.8 Å². The molecule has 2 atom stereocenters. The fraction of sp³-hybridized carbons (Fsp3) is 0.490. The van der Waals surface area contributed by atoms with Gasteiger partial charge in [-0.1, -0.05) is 30.7 Å². The van der Waals surface area contributed by atoms with Gasteiger partial charge in [0.25, 0.3) is 11.8 Å². The number of carbonyl (C=O) groups is 2. The first kappa shape index (κ1) is 48.0. The highest BCUT2D eigenvalue weighted by atomic mass is 19.4. The van der Waals surface area contributed by atoms with Crippen LogP contribution in [0.4, 0.5) is 60.5 Å². The fourth-order valence-corrected chi connectivity index (χ4v) is 10.5. The van der Waals surface area contributed by atoms with E-state index in [1.54, 1.807) is 66.7 Å². The minimum absolute atomic E-state index is 0.157. The standard InChI is InChI=1S/C51H62F6N8O2/c52-50(53,54)32-64(41-21-25-62(26-22-41)30-34-11-12-34)40-19-15-37(16-20-40)49(67)61-46-10-4-7-43(47(46)59)38-6-3-5-35(29-38)31-63-27-23-42(24-28-63)65(33-51(55,56)57)39-17-13-36(14-18-39)48(66)60-45-9-2-1-8-44(45)58/h1-2,4,7-10,13-20,34-35,38,41-42H,3,5-6,11-12,21-33,58-59H2,(H,60,66)(H,61,67). The number of hydrogen-bond acceptors (Lipinski definition) is 8. The van der Waals surface area contributed by atoms with Crippen LogP contribution in [0.1, 0.15) is 96.4 Å². The predicted octanol–water partition coefficient (Wildman–Crippen LogP) is 10.4. The van der Waals surface area contributed by atoms with Gasteiger partial charge in [-0.3, -0.25) is 9.59 Å². The van der Waals surface area contributed by atoms with E-state index in [1.807, 2.05) is 12.1 Å². The van der Waals surface area contributed by atoms with Crippen LogP contribution in [-0.2, 0) is 0 Å². The summed E-state index contributed by atoms with van der Waals surface area (Å²) in [4.78, 5) is 34.0. The molecule has 8 rings (SSSR count). The van der Waals surface area contributed by atoms with Crippen molar-refractivity contribution >= 4 is 45.9 Å². The summed E-state index contributed by atoms with van der Waals surface area (Å²) < 4.78 is 83.3. The summed E-state index contributed by atoms with van der Waals surface area (Å²) in [5, 5.41) is 5.70. The highest BCUT2D eigenvalue weighted by Crippen LogP contribution is 2.42. The fourth-order valence-electron chi connectivity index (χ4n) is 10.5. The number of likely N-dealkylation sites (tertiary alicyclic amines) is 2. The summed E-state index contributed by atoms with van der Waals surface area (Å²) in [6.45, 7) is 2.59. The van der Waals surface area contributed by atoms with Crippen molar-refractivity contribution < 1.29 is 35.9 Å². The smallest absolute Gasteiger partial charge is 0.397 e. The van der Waals surface area contributed by atoms with Crippen LogP contribution in [0.25, 0.3) is 0 Å². The Labute approximate surface area is 389 Å². The maximum atomic E-state index is 14.0. The van der Waals surface area contributed by atoms with Crippen molar-refractivity contribution in [1.82, 2.24) is 9.80 Å². The molecule has 4 fully saturated rings. The molecule has 2 unspecified atom stereocenters. The molecule has 4 aromatic carbocycles. The normalized spacial score (nSPS) is 20.3. The number of alkyl halides is 6. The molecule has 67 heavy (non-hydrogen) atoms. The van der Waals surface area contributed by atoms with Gasteiger partial charge in [-0.2, -0.15) is 26.3 Å². The lowest BCUT2D eigenvalue weighted by Gasteiger charge is -2.42. The van der Waals surface area contributed by atoms with Gasteiger partial charge in [0.1, 0.15) is 13.1 Å². The van der Waals surface area contributed by atoms with E-state index in [0.29, 0.717) is 89.9 Å². The van der Waals surface area contributed by atoms with Crippen LogP contribution in [0.3, 0.4) is 0 Å². The lowest BCUT2D eigenvalue weighted by atomic mass is 9.77. The van der Waals surface area contributed by atoms with Crippen molar-refractivity contribution in [3.8, 4) is 0 Å². The van der Waals surface area contributed by atoms with Crippen LogP contribution in [0, 0.1) is 11.8 Å². The Morgan fingerprint density at radius 2 is 1.04 bits per heavy atom. The Bertz CT molecular complexity index is 2290. The SMILES string of the molecule is Nc1ccccc1NC(=O)c1ccc(N(CC(F)(F)F)C2CCN(CC3CCCC(c4cccc(NC(=O)c5ccc(N(CC(F)(F)F)C6CCN(CC7CC7)CC6)cc5)c4N)C3)CC2)cc1. The molecule has 360 valence electrons. The van der Waals surface area contributed by atoms with Gasteiger partial charge >= 0.3 is 12.4 Å². The Balaban J connectivity index is 0.846. The van der Waals surface area contributed by atoms with Crippen LogP contribution in [0.15, 0.2) is 91.0 Å². The Morgan fingerprint density at radius 1 is 0.567 bits per heavy atom. The number of nitrogens with two attached hydrogens (primary N) is 2. The van der Waals surface area contributed by atoms with E-state index in [4.69, 9.17) is 11.5 Å². The van der Waals surface area contributed by atoms with Crippen LogP contribution in [0.5, 0.6) is 0 Å². The van der Waals surface area contributed by atoms with Crippen molar-refractivity contribution in [3.63, 3.8) is 0 Å². The largest absolute Gasteiger partial charge is 0.405 e. The molecule has 2 heterocycles. The summed E-state index contributed by atoms with van der Waals surface area (Å²) in [6.07, 6.45) is -0.0430. The van der Waals surface area contributed by atoms with Gasteiger partial charge in [-0.25, -0.2) is 0 Å². The minimum atomic E-state index is -4.42. The Morgan fingerprint density at radius 3 is 1.54 bits per heavy atom. The Kier molecular flexibility index (Phi) is 14.9. The summed E-state index contributed by atoms with van der Waals surface area (Å²) in [6, 6.07) is 24.5. The molecule has 4 aromatic rings. The molecule has 0 spiro atoms. The monoisotopic (exact) mass is 932 g/mol. The van der Waals surface area contributed by atoms with Gasteiger partial charge < -0.3 is 41.7 Å². The number of carbonyl (C=O) groups excluding carboxylic acids is 2. The number of nitrogen functional groups attached to an aromatic ring is 2. The van der Waals surface area contributed by atoms with Gasteiger partial charge in [0.2, 0.25) is 0 Å². The second-order valence-electron chi connectivity index (χ2n) is 19.1. The zero-order valence-electron chi connectivity index (χ0n) is 37.8. The summed E-state index contributed by atoms with van der Waals surface area (Å²) in [5.74, 6) is 0.436. The predicted molar refractivity (Wildman–Crippen MR) is 254 cm³/mol. The third-order valence-electron chi connectivity index (χ3n) is 14.2. The molecule has 4 aliphatic rings. The van der Waals surface area contributed by atoms with Crippen molar-refractivity contribution in [1.29, 1.82) is 0 Å². The number of rotatable bonds is 15. The topological polar surface area (TPSA) is 123 Å². The second kappa shape index (κ2) is 20.8. The van der Waals surface area contributed by atoms with Gasteiger partial charge in [0, 0.05) is 73.9 Å². The summed E-state index contributed by atoms with van der Waals surface area (Å²) in [5.41, 5.74) is 17.0. The molecule has 0 radical (unpaired) electrons. The lowest BCUT2D eigenvalue weighted by Crippen LogP contribution is -2.49. The highest BCUT2D eigenvalue weighted by molar-refractivity contribution is 6.06. The molecule has 2 aliphatic carbocycles. The van der Waals surface area contributed by atoms with Crippen LogP contribution >= 0.6 is 0 Å². The average molecular weight is 933 g/mol. The van der Waals surface area contributed by atoms with E-state index >= 15 is 0 Å². The third-order valence-corrected chi connectivity index (χ3v) is 14.2. The zero-order chi connectivity index (χ0) is 47.3. The molecule has 6 N–H and O–H groups in total. The van der Waals surface area contributed by atoms with Crippen molar-refractivity contribution in [2.75, 3.05) is 84.3 Å². The molecule has 0 aromatic heterocycles. The number of halogens is 6. The zero-order valence-corrected chi connectivity index (χ0v) is 37.8. The highest BCUT2D eigenvalue weighted by Gasteiger charge is 2.38. The first-order chi connectivity index (χ1) is 32.0. The van der Waals surface area contributed by atoms with Gasteiger partial charge in [-0.05, 0) is 148 Å². The van der Waals surface area contributed by atoms with Gasteiger partial charge in [0.05, 0.1) is 22.7 Å². The van der Waals surface area contributed by atoms with E-state index in [-0.39, 0.29) is 18.0 Å². The number of nitrogens with one attached hydrogen (secondary N) is 2. The second-order valence-corrected chi connectivity index (χ2v) is 19.1. The van der Waals surface area contributed by atoms with Crippen molar-refractivity contribution in [3.05, 3.63) is 108 Å². The molecule has 10 nitrogen and oxygen atoms in total. The molecule has 2 amide bonds. The van der Waals surface area contributed by atoms with Crippen LogP contribution in [0.2, 0.25) is 0 Å². The Hall–Kier alpha value is -5.48. The quantitative estimate of drug-likeness (QED) is 0.0687. The van der Waals surface area contributed by atoms with E-state index in [9.17, 15) is 35.9 Å².